The van der Waals surface area contributed by atoms with Gasteiger partial charge in [0.2, 0.25) is 0 Å². The standard InChI is InChI=1S/C11H14N2O4/c1-11(2,3)17-10(15)12-8-6-7(13-16)4-5-9(8)14/h4-6,14H,1-3H3,(H,12,15). The number of benzene rings is 1. The fourth-order valence-corrected chi connectivity index (χ4v) is 1.09. The maximum atomic E-state index is 11.4. The van der Waals surface area contributed by atoms with E-state index in [4.69, 9.17) is 4.74 Å². The quantitative estimate of drug-likeness (QED) is 0.612. The molecule has 0 aromatic heterocycles. The van der Waals surface area contributed by atoms with Crippen LogP contribution in [-0.4, -0.2) is 16.8 Å². The van der Waals surface area contributed by atoms with Gasteiger partial charge in [-0.05, 0) is 44.1 Å². The number of ether oxygens (including phenoxy) is 1. The number of nitroso groups, excluding NO2 is 1. The molecule has 0 aliphatic carbocycles. The number of nitrogens with one attached hydrogen (secondary N) is 1. The molecule has 1 aromatic carbocycles. The first-order valence-corrected chi connectivity index (χ1v) is 4.98. The van der Waals surface area contributed by atoms with Gasteiger partial charge in [0.05, 0.1) is 5.69 Å². The van der Waals surface area contributed by atoms with Crippen molar-refractivity contribution in [3.8, 4) is 5.75 Å². The van der Waals surface area contributed by atoms with E-state index in [1.807, 2.05) is 0 Å². The van der Waals surface area contributed by atoms with E-state index in [1.165, 1.54) is 18.2 Å². The number of anilines is 1. The summed E-state index contributed by atoms with van der Waals surface area (Å²) in [6.07, 6.45) is -0.712. The van der Waals surface area contributed by atoms with Gasteiger partial charge in [0, 0.05) is 0 Å². The van der Waals surface area contributed by atoms with Crippen molar-refractivity contribution in [2.24, 2.45) is 5.18 Å². The number of aromatic hydroxyl groups is 1. The van der Waals surface area contributed by atoms with Crippen molar-refractivity contribution in [3.05, 3.63) is 23.1 Å². The topological polar surface area (TPSA) is 88.0 Å². The molecule has 17 heavy (non-hydrogen) atoms. The molecule has 1 aromatic rings. The van der Waals surface area contributed by atoms with Crippen LogP contribution < -0.4 is 5.32 Å². The average molecular weight is 238 g/mol. The summed E-state index contributed by atoms with van der Waals surface area (Å²) < 4.78 is 5.00. The molecular formula is C11H14N2O4. The fourth-order valence-electron chi connectivity index (χ4n) is 1.09. The molecule has 0 saturated heterocycles. The Morgan fingerprint density at radius 1 is 1.41 bits per heavy atom. The molecule has 0 atom stereocenters. The van der Waals surface area contributed by atoms with Crippen molar-refractivity contribution in [1.29, 1.82) is 0 Å². The predicted octanol–water partition coefficient (Wildman–Crippen LogP) is 3.14. The number of amides is 1. The molecule has 6 heteroatoms. The molecule has 0 fully saturated rings. The predicted molar refractivity (Wildman–Crippen MR) is 63.4 cm³/mol. The van der Waals surface area contributed by atoms with Crippen molar-refractivity contribution in [3.63, 3.8) is 0 Å². The lowest BCUT2D eigenvalue weighted by Crippen LogP contribution is -2.27. The normalized spacial score (nSPS) is 10.8. The third-order valence-corrected chi connectivity index (χ3v) is 1.72. The summed E-state index contributed by atoms with van der Waals surface area (Å²) in [7, 11) is 0. The number of phenolic OH excluding ortho intramolecular Hbond substituents is 1. The van der Waals surface area contributed by atoms with Crippen LogP contribution in [0.4, 0.5) is 16.2 Å². The summed E-state index contributed by atoms with van der Waals surface area (Å²) in [5, 5.41) is 14.5. The van der Waals surface area contributed by atoms with E-state index in [2.05, 4.69) is 10.5 Å². The summed E-state index contributed by atoms with van der Waals surface area (Å²) in [6, 6.07) is 3.86. The second-order valence-corrected chi connectivity index (χ2v) is 4.42. The van der Waals surface area contributed by atoms with Gasteiger partial charge in [-0.2, -0.15) is 0 Å². The lowest BCUT2D eigenvalue weighted by molar-refractivity contribution is 0.0635. The first-order valence-electron chi connectivity index (χ1n) is 4.98. The molecule has 0 unspecified atom stereocenters. The molecule has 0 saturated carbocycles. The van der Waals surface area contributed by atoms with E-state index in [-0.39, 0.29) is 17.1 Å². The largest absolute Gasteiger partial charge is 0.506 e. The van der Waals surface area contributed by atoms with E-state index in [9.17, 15) is 14.8 Å². The van der Waals surface area contributed by atoms with Crippen LogP contribution in [0.1, 0.15) is 20.8 Å². The summed E-state index contributed by atoms with van der Waals surface area (Å²) in [6.45, 7) is 5.15. The number of hydrogen-bond donors (Lipinski definition) is 2. The highest BCUT2D eigenvalue weighted by molar-refractivity contribution is 5.87. The molecule has 6 nitrogen and oxygen atoms in total. The van der Waals surface area contributed by atoms with Crippen molar-refractivity contribution < 1.29 is 14.6 Å². The van der Waals surface area contributed by atoms with E-state index >= 15 is 0 Å². The molecule has 2 N–H and O–H groups in total. The van der Waals surface area contributed by atoms with Crippen molar-refractivity contribution in [1.82, 2.24) is 0 Å². The van der Waals surface area contributed by atoms with Gasteiger partial charge in [0.15, 0.2) is 0 Å². The van der Waals surface area contributed by atoms with Gasteiger partial charge in [-0.25, -0.2) is 4.79 Å². The average Bonchev–Trinajstić information content (AvgIpc) is 2.18. The van der Waals surface area contributed by atoms with Crippen molar-refractivity contribution in [2.45, 2.75) is 26.4 Å². The molecule has 1 amide bonds. The Balaban J connectivity index is 2.81. The van der Waals surface area contributed by atoms with E-state index in [0.717, 1.165) is 0 Å². The lowest BCUT2D eigenvalue weighted by Gasteiger charge is -2.19. The van der Waals surface area contributed by atoms with Crippen LogP contribution in [0, 0.1) is 4.91 Å². The first kappa shape index (κ1) is 13.0. The highest BCUT2D eigenvalue weighted by atomic mass is 16.6. The maximum Gasteiger partial charge on any atom is 0.412 e. The molecule has 0 radical (unpaired) electrons. The molecule has 92 valence electrons. The minimum atomic E-state index is -0.712. The fraction of sp³-hybridized carbons (Fsp3) is 0.364. The van der Waals surface area contributed by atoms with Crippen molar-refractivity contribution in [2.75, 3.05) is 5.32 Å². The summed E-state index contributed by atoms with van der Waals surface area (Å²) in [5.74, 6) is -0.164. The second-order valence-electron chi connectivity index (χ2n) is 4.42. The van der Waals surface area contributed by atoms with Gasteiger partial charge in [0.1, 0.15) is 17.0 Å². The number of nitrogens with zero attached hydrogens (tertiary/aromatic N) is 1. The van der Waals surface area contributed by atoms with Gasteiger partial charge in [-0.1, -0.05) is 0 Å². The zero-order valence-corrected chi connectivity index (χ0v) is 9.85. The number of carbonyl (C=O) groups excluding carboxylic acids is 1. The third-order valence-electron chi connectivity index (χ3n) is 1.72. The zero-order valence-electron chi connectivity index (χ0n) is 9.85. The Morgan fingerprint density at radius 3 is 2.59 bits per heavy atom. The van der Waals surface area contributed by atoms with Crippen LogP contribution in [0.2, 0.25) is 0 Å². The van der Waals surface area contributed by atoms with Crippen molar-refractivity contribution >= 4 is 17.5 Å². The molecular weight excluding hydrogens is 224 g/mol. The number of phenols is 1. The molecule has 0 aliphatic rings. The molecule has 0 heterocycles. The summed E-state index contributed by atoms with van der Waals surface area (Å²) >= 11 is 0. The number of hydrogen-bond acceptors (Lipinski definition) is 5. The SMILES string of the molecule is CC(C)(C)OC(=O)Nc1cc(N=O)ccc1O. The minimum absolute atomic E-state index is 0.0800. The molecule has 0 bridgehead atoms. The zero-order chi connectivity index (χ0) is 13.1. The van der Waals surface area contributed by atoms with Crippen LogP contribution in [0.25, 0.3) is 0 Å². The van der Waals surface area contributed by atoms with Crippen LogP contribution in [0.5, 0.6) is 5.75 Å². The van der Waals surface area contributed by atoms with Crippen LogP contribution in [0.3, 0.4) is 0 Å². The maximum absolute atomic E-state index is 11.4. The van der Waals surface area contributed by atoms with Gasteiger partial charge < -0.3 is 9.84 Å². The minimum Gasteiger partial charge on any atom is -0.506 e. The number of carbonyl (C=O) groups is 1. The third kappa shape index (κ3) is 4.10. The first-order chi connectivity index (χ1) is 7.81. The Bertz CT molecular complexity index is 438. The number of rotatable bonds is 2. The highest BCUT2D eigenvalue weighted by Crippen LogP contribution is 2.28. The van der Waals surface area contributed by atoms with Gasteiger partial charge >= 0.3 is 6.09 Å². The lowest BCUT2D eigenvalue weighted by atomic mass is 10.2. The Hall–Kier alpha value is -2.11. The van der Waals surface area contributed by atoms with E-state index < -0.39 is 11.7 Å². The highest BCUT2D eigenvalue weighted by Gasteiger charge is 2.17. The van der Waals surface area contributed by atoms with Gasteiger partial charge in [-0.3, -0.25) is 5.32 Å². The van der Waals surface area contributed by atoms with Crippen LogP contribution in [-0.2, 0) is 4.74 Å². The van der Waals surface area contributed by atoms with Crippen LogP contribution in [0.15, 0.2) is 23.4 Å². The van der Waals surface area contributed by atoms with Gasteiger partial charge in [0.25, 0.3) is 0 Å². The Morgan fingerprint density at radius 2 is 2.06 bits per heavy atom. The molecule has 0 spiro atoms. The Labute approximate surface area is 98.6 Å². The molecule has 0 aliphatic heterocycles. The van der Waals surface area contributed by atoms with E-state index in [0.29, 0.717) is 0 Å². The monoisotopic (exact) mass is 238 g/mol. The van der Waals surface area contributed by atoms with Crippen LogP contribution >= 0.6 is 0 Å². The Kier molecular flexibility index (Phi) is 3.67. The summed E-state index contributed by atoms with van der Waals surface area (Å²) in [4.78, 5) is 21.7. The van der Waals surface area contributed by atoms with E-state index in [1.54, 1.807) is 20.8 Å². The second kappa shape index (κ2) is 4.82. The smallest absolute Gasteiger partial charge is 0.412 e. The van der Waals surface area contributed by atoms with Gasteiger partial charge in [-0.15, -0.1) is 4.91 Å². The molecule has 1 rings (SSSR count). The summed E-state index contributed by atoms with van der Waals surface area (Å²) in [5.41, 5.74) is -0.453.